The van der Waals surface area contributed by atoms with Crippen LogP contribution in [-0.4, -0.2) is 18.3 Å². The zero-order valence-corrected chi connectivity index (χ0v) is 12.0. The minimum Gasteiger partial charge on any atom is -0.461 e. The van der Waals surface area contributed by atoms with E-state index < -0.39 is 11.8 Å². The Hall–Kier alpha value is -2.01. The minimum atomic E-state index is -0.512. The van der Waals surface area contributed by atoms with Crippen molar-refractivity contribution in [3.63, 3.8) is 0 Å². The summed E-state index contributed by atoms with van der Waals surface area (Å²) in [6.45, 7) is 0.305. The average molecular weight is 303 g/mol. The van der Waals surface area contributed by atoms with Gasteiger partial charge in [0, 0.05) is 22.3 Å². The molecule has 0 saturated carbocycles. The van der Waals surface area contributed by atoms with Gasteiger partial charge >= 0.3 is 5.97 Å². The Morgan fingerprint density at radius 1 is 1.33 bits per heavy atom. The molecule has 0 spiro atoms. The first-order valence-corrected chi connectivity index (χ1v) is 7.57. The SMILES string of the molecule is Nc1cc(F)ccc1C(=O)OCC1CSc2ccccc21. The molecule has 1 aliphatic rings. The van der Waals surface area contributed by atoms with Crippen LogP contribution in [0.3, 0.4) is 0 Å². The number of ether oxygens (including phenoxy) is 1. The van der Waals surface area contributed by atoms with Crippen LogP contribution in [0.2, 0.25) is 0 Å². The third-order valence-electron chi connectivity index (χ3n) is 3.45. The summed E-state index contributed by atoms with van der Waals surface area (Å²) in [5.41, 5.74) is 7.15. The minimum absolute atomic E-state index is 0.0983. The first-order chi connectivity index (χ1) is 10.1. The molecule has 0 bridgehead atoms. The van der Waals surface area contributed by atoms with Crippen LogP contribution in [0.1, 0.15) is 21.8 Å². The van der Waals surface area contributed by atoms with Crippen molar-refractivity contribution in [2.75, 3.05) is 18.1 Å². The summed E-state index contributed by atoms with van der Waals surface area (Å²) in [6.07, 6.45) is 0. The number of hydrogen-bond donors (Lipinski definition) is 1. The van der Waals surface area contributed by atoms with Crippen molar-refractivity contribution < 1.29 is 13.9 Å². The summed E-state index contributed by atoms with van der Waals surface area (Å²) in [6, 6.07) is 11.8. The zero-order valence-electron chi connectivity index (χ0n) is 11.2. The number of fused-ring (bicyclic) bond motifs is 1. The predicted octanol–water partition coefficient (Wildman–Crippen LogP) is 3.45. The zero-order chi connectivity index (χ0) is 14.8. The lowest BCUT2D eigenvalue weighted by molar-refractivity contribution is 0.0488. The number of nitrogens with two attached hydrogens (primary N) is 1. The number of thioether (sulfide) groups is 1. The summed E-state index contributed by atoms with van der Waals surface area (Å²) in [7, 11) is 0. The number of rotatable bonds is 3. The van der Waals surface area contributed by atoms with E-state index in [1.807, 2.05) is 12.1 Å². The molecule has 2 aromatic rings. The van der Waals surface area contributed by atoms with Crippen LogP contribution >= 0.6 is 11.8 Å². The van der Waals surface area contributed by atoms with Gasteiger partial charge in [0.25, 0.3) is 0 Å². The van der Waals surface area contributed by atoms with Gasteiger partial charge in [-0.15, -0.1) is 11.8 Å². The topological polar surface area (TPSA) is 52.3 Å². The average Bonchev–Trinajstić information content (AvgIpc) is 2.88. The number of carbonyl (C=O) groups excluding carboxylic acids is 1. The summed E-state index contributed by atoms with van der Waals surface area (Å²) >= 11 is 1.76. The van der Waals surface area contributed by atoms with Crippen LogP contribution in [0, 0.1) is 5.82 Å². The van der Waals surface area contributed by atoms with Crippen molar-refractivity contribution in [3.05, 3.63) is 59.4 Å². The third-order valence-corrected chi connectivity index (χ3v) is 4.70. The van der Waals surface area contributed by atoms with Crippen LogP contribution < -0.4 is 5.73 Å². The Balaban J connectivity index is 1.67. The molecule has 3 nitrogen and oxygen atoms in total. The van der Waals surface area contributed by atoms with E-state index in [-0.39, 0.29) is 17.2 Å². The largest absolute Gasteiger partial charge is 0.461 e. The molecule has 21 heavy (non-hydrogen) atoms. The first-order valence-electron chi connectivity index (χ1n) is 6.59. The number of benzene rings is 2. The van der Waals surface area contributed by atoms with Crippen molar-refractivity contribution in [1.82, 2.24) is 0 Å². The fourth-order valence-electron chi connectivity index (χ4n) is 2.34. The van der Waals surface area contributed by atoms with Gasteiger partial charge in [-0.1, -0.05) is 18.2 Å². The molecule has 2 N–H and O–H groups in total. The van der Waals surface area contributed by atoms with Gasteiger partial charge in [0.2, 0.25) is 0 Å². The first kappa shape index (κ1) is 13.9. The number of halogens is 1. The summed E-state index contributed by atoms with van der Waals surface area (Å²) < 4.78 is 18.3. The highest BCUT2D eigenvalue weighted by Crippen LogP contribution is 2.39. The second-order valence-electron chi connectivity index (χ2n) is 4.88. The normalized spacial score (nSPS) is 16.5. The fourth-order valence-corrected chi connectivity index (χ4v) is 3.57. The standard InChI is InChI=1S/C16H14FNO2S/c17-11-5-6-13(14(18)7-11)16(19)20-8-10-9-21-15-4-2-1-3-12(10)15/h1-7,10H,8-9,18H2. The van der Waals surface area contributed by atoms with Gasteiger partial charge in [-0.05, 0) is 29.8 Å². The molecular weight excluding hydrogens is 289 g/mol. The van der Waals surface area contributed by atoms with E-state index in [0.29, 0.717) is 6.61 Å². The van der Waals surface area contributed by atoms with Gasteiger partial charge in [-0.3, -0.25) is 0 Å². The van der Waals surface area contributed by atoms with E-state index in [2.05, 4.69) is 12.1 Å². The molecule has 108 valence electrons. The number of esters is 1. The number of anilines is 1. The quantitative estimate of drug-likeness (QED) is 0.697. The highest BCUT2D eigenvalue weighted by molar-refractivity contribution is 7.99. The van der Waals surface area contributed by atoms with Crippen molar-refractivity contribution in [2.24, 2.45) is 0 Å². The van der Waals surface area contributed by atoms with Crippen molar-refractivity contribution in [2.45, 2.75) is 10.8 Å². The Kier molecular flexibility index (Phi) is 3.84. The second kappa shape index (κ2) is 5.77. The molecular formula is C16H14FNO2S. The molecule has 3 rings (SSSR count). The molecule has 1 atom stereocenters. The fraction of sp³-hybridized carbons (Fsp3) is 0.188. The number of nitrogen functional groups attached to an aromatic ring is 1. The molecule has 1 aliphatic heterocycles. The highest BCUT2D eigenvalue weighted by Gasteiger charge is 2.24. The number of hydrogen-bond acceptors (Lipinski definition) is 4. The molecule has 1 heterocycles. The Morgan fingerprint density at radius 3 is 2.95 bits per heavy atom. The van der Waals surface area contributed by atoms with Crippen LogP contribution in [0.25, 0.3) is 0 Å². The maximum Gasteiger partial charge on any atom is 0.340 e. The lowest BCUT2D eigenvalue weighted by Gasteiger charge is -2.12. The van der Waals surface area contributed by atoms with Crippen LogP contribution in [-0.2, 0) is 4.74 Å². The molecule has 1 unspecified atom stereocenters. The van der Waals surface area contributed by atoms with E-state index in [0.717, 1.165) is 11.8 Å². The van der Waals surface area contributed by atoms with Crippen LogP contribution in [0.15, 0.2) is 47.4 Å². The molecule has 5 heteroatoms. The Bertz CT molecular complexity index is 690. The molecule has 0 amide bonds. The monoisotopic (exact) mass is 303 g/mol. The summed E-state index contributed by atoms with van der Waals surface area (Å²) in [5.74, 6) is 0.106. The number of carbonyl (C=O) groups is 1. The van der Waals surface area contributed by atoms with E-state index in [4.69, 9.17) is 10.5 Å². The van der Waals surface area contributed by atoms with Crippen molar-refractivity contribution in [1.29, 1.82) is 0 Å². The van der Waals surface area contributed by atoms with Gasteiger partial charge in [0.15, 0.2) is 0 Å². The molecule has 2 aromatic carbocycles. The smallest absolute Gasteiger partial charge is 0.340 e. The highest BCUT2D eigenvalue weighted by atomic mass is 32.2. The Labute approximate surface area is 126 Å². The maximum atomic E-state index is 13.0. The summed E-state index contributed by atoms with van der Waals surface area (Å²) in [4.78, 5) is 13.3. The lowest BCUT2D eigenvalue weighted by Crippen LogP contribution is -2.14. The molecule has 0 radical (unpaired) electrons. The molecule has 0 aromatic heterocycles. The maximum absolute atomic E-state index is 13.0. The van der Waals surface area contributed by atoms with Crippen LogP contribution in [0.5, 0.6) is 0 Å². The third kappa shape index (κ3) is 2.88. The van der Waals surface area contributed by atoms with Gasteiger partial charge in [0.05, 0.1) is 12.2 Å². The second-order valence-corrected chi connectivity index (χ2v) is 5.94. The van der Waals surface area contributed by atoms with Crippen molar-refractivity contribution >= 4 is 23.4 Å². The van der Waals surface area contributed by atoms with E-state index >= 15 is 0 Å². The van der Waals surface area contributed by atoms with Crippen LogP contribution in [0.4, 0.5) is 10.1 Å². The Morgan fingerprint density at radius 2 is 2.14 bits per heavy atom. The molecule has 0 fully saturated rings. The van der Waals surface area contributed by atoms with Gasteiger partial charge in [0.1, 0.15) is 5.82 Å². The van der Waals surface area contributed by atoms with Crippen molar-refractivity contribution in [3.8, 4) is 0 Å². The van der Waals surface area contributed by atoms with E-state index in [9.17, 15) is 9.18 Å². The molecule has 0 aliphatic carbocycles. The predicted molar refractivity (Wildman–Crippen MR) is 81.0 cm³/mol. The van der Waals surface area contributed by atoms with Gasteiger partial charge < -0.3 is 10.5 Å². The summed E-state index contributed by atoms with van der Waals surface area (Å²) in [5, 5.41) is 0. The van der Waals surface area contributed by atoms with Gasteiger partial charge in [-0.25, -0.2) is 9.18 Å². The van der Waals surface area contributed by atoms with Gasteiger partial charge in [-0.2, -0.15) is 0 Å². The van der Waals surface area contributed by atoms with E-state index in [1.165, 1.54) is 22.6 Å². The lowest BCUT2D eigenvalue weighted by atomic mass is 10.0. The van der Waals surface area contributed by atoms with E-state index in [1.54, 1.807) is 11.8 Å². The molecule has 0 saturated heterocycles.